The average molecular weight is 428 g/mol. The maximum atomic E-state index is 12.4. The minimum Gasteiger partial charge on any atom is -0.509 e. The lowest BCUT2D eigenvalue weighted by Crippen LogP contribution is -2.34. The molecule has 31 heavy (non-hydrogen) atoms. The fourth-order valence-corrected chi connectivity index (χ4v) is 3.82. The molecule has 0 aromatic heterocycles. The Morgan fingerprint density at radius 2 is 1.61 bits per heavy atom. The van der Waals surface area contributed by atoms with Gasteiger partial charge in [0.1, 0.15) is 22.7 Å². The van der Waals surface area contributed by atoms with Crippen molar-refractivity contribution in [2.45, 2.75) is 33.2 Å². The summed E-state index contributed by atoms with van der Waals surface area (Å²) in [4.78, 5) is 52.8. The number of hydrogen-bond acceptors (Lipinski definition) is 8. The summed E-state index contributed by atoms with van der Waals surface area (Å²) in [6.45, 7) is 10.6. The van der Waals surface area contributed by atoms with Gasteiger partial charge in [0.25, 0.3) is 5.91 Å². The number of carbonyl (C=O) groups excluding carboxylic acids is 4. The molecule has 166 valence electrons. The van der Waals surface area contributed by atoms with E-state index in [2.05, 4.69) is 5.32 Å². The minimum atomic E-state index is -0.458. The summed E-state index contributed by atoms with van der Waals surface area (Å²) in [5.74, 6) is -0.758. The molecule has 4 aliphatic heterocycles. The van der Waals surface area contributed by atoms with E-state index in [0.717, 1.165) is 45.7 Å². The third-order valence-electron chi connectivity index (χ3n) is 6.12. The molecule has 0 spiro atoms. The van der Waals surface area contributed by atoms with Crippen molar-refractivity contribution >= 4 is 23.3 Å². The molecule has 0 bridgehead atoms. The summed E-state index contributed by atoms with van der Waals surface area (Å²) in [5, 5.41) is 12.3. The number of Topliss-reactive ketones (excluding diaryl/α,β-unsaturated/α-hetero) is 2. The van der Waals surface area contributed by atoms with Crippen molar-refractivity contribution in [2.75, 3.05) is 39.3 Å². The van der Waals surface area contributed by atoms with Gasteiger partial charge < -0.3 is 25.1 Å². The first-order valence-corrected chi connectivity index (χ1v) is 10.8. The Kier molecular flexibility index (Phi) is 5.36. The van der Waals surface area contributed by atoms with E-state index in [-0.39, 0.29) is 34.6 Å². The predicted molar refractivity (Wildman–Crippen MR) is 112 cm³/mol. The van der Waals surface area contributed by atoms with Gasteiger partial charge in [-0.15, -0.1) is 0 Å². The molecule has 3 saturated heterocycles. The van der Waals surface area contributed by atoms with Gasteiger partial charge in [0, 0.05) is 45.3 Å². The summed E-state index contributed by atoms with van der Waals surface area (Å²) in [7, 11) is 0. The van der Waals surface area contributed by atoms with Crippen molar-refractivity contribution in [2.24, 2.45) is 5.92 Å². The Morgan fingerprint density at radius 1 is 1.06 bits per heavy atom. The van der Waals surface area contributed by atoms with Crippen LogP contribution in [0.2, 0.25) is 0 Å². The lowest BCUT2D eigenvalue weighted by Gasteiger charge is -2.21. The highest BCUT2D eigenvalue weighted by atomic mass is 16.3. The molecule has 0 saturated carbocycles. The topological polar surface area (TPSA) is 110 Å². The second kappa shape index (κ2) is 7.86. The molecule has 1 aliphatic carbocycles. The maximum absolute atomic E-state index is 12.4. The number of aliphatic hydroxyl groups excluding tert-OH is 1. The van der Waals surface area contributed by atoms with Crippen LogP contribution >= 0.6 is 0 Å². The van der Waals surface area contributed by atoms with Gasteiger partial charge in [0.15, 0.2) is 5.78 Å². The molecular weight excluding hydrogens is 400 g/mol. The van der Waals surface area contributed by atoms with E-state index in [1.165, 1.54) is 13.0 Å². The molecule has 0 aromatic carbocycles. The maximum Gasteiger partial charge on any atom is 0.259 e. The van der Waals surface area contributed by atoms with Crippen molar-refractivity contribution in [3.05, 3.63) is 34.5 Å². The number of nitrogens with one attached hydrogen (secondary N) is 1. The van der Waals surface area contributed by atoms with Crippen molar-refractivity contribution in [1.29, 1.82) is 0 Å². The number of carbonyl (C=O) groups is 4. The van der Waals surface area contributed by atoms with Crippen LogP contribution in [0.5, 0.6) is 0 Å². The van der Waals surface area contributed by atoms with Gasteiger partial charge in [-0.2, -0.15) is 0 Å². The third kappa shape index (κ3) is 4.08. The molecule has 0 radical (unpaired) electrons. The largest absolute Gasteiger partial charge is 0.509 e. The van der Waals surface area contributed by atoms with Crippen LogP contribution in [-0.4, -0.2) is 88.4 Å². The van der Waals surface area contributed by atoms with Crippen LogP contribution in [0.4, 0.5) is 0 Å². The standard InChI is InChI=1S/C12H13N3O2.C10H15NO3/c16-9-7-8(13-1-2-13)12(17)11(15-5-6-15)10(9)14-3-4-14;1-4-5(2)8-9(13)7(6(3)12)10(14)11-8/h7H,1-6H2;5,8,13H,4H2,1-3H3,(H,11,14)/t;5-,8-/m.0/s1. The predicted octanol–water partition coefficient (Wildman–Crippen LogP) is 0.113. The van der Waals surface area contributed by atoms with E-state index < -0.39 is 11.9 Å². The van der Waals surface area contributed by atoms with Crippen LogP contribution in [0, 0.1) is 5.92 Å². The Labute approximate surface area is 181 Å². The van der Waals surface area contributed by atoms with Gasteiger partial charge in [0.05, 0.1) is 11.7 Å². The van der Waals surface area contributed by atoms with E-state index in [1.807, 2.05) is 28.5 Å². The monoisotopic (exact) mass is 428 g/mol. The van der Waals surface area contributed by atoms with E-state index >= 15 is 0 Å². The van der Waals surface area contributed by atoms with Crippen LogP contribution < -0.4 is 5.32 Å². The quantitative estimate of drug-likeness (QED) is 0.349. The molecular formula is C22H28N4O5. The van der Waals surface area contributed by atoms with Crippen molar-refractivity contribution in [3.8, 4) is 0 Å². The van der Waals surface area contributed by atoms with Gasteiger partial charge >= 0.3 is 0 Å². The van der Waals surface area contributed by atoms with Crippen LogP contribution in [0.25, 0.3) is 0 Å². The van der Waals surface area contributed by atoms with Gasteiger partial charge in [-0.1, -0.05) is 20.3 Å². The van der Waals surface area contributed by atoms with Crippen molar-refractivity contribution in [1.82, 2.24) is 20.0 Å². The van der Waals surface area contributed by atoms with Gasteiger partial charge in [0.2, 0.25) is 11.6 Å². The molecule has 9 heteroatoms. The molecule has 3 fully saturated rings. The van der Waals surface area contributed by atoms with Crippen LogP contribution in [0.3, 0.4) is 0 Å². The lowest BCUT2D eigenvalue weighted by molar-refractivity contribution is -0.121. The zero-order chi connectivity index (χ0) is 22.4. The number of rotatable bonds is 6. The zero-order valence-corrected chi connectivity index (χ0v) is 18.1. The third-order valence-corrected chi connectivity index (χ3v) is 6.12. The number of allylic oxidation sites excluding steroid dienone is 1. The smallest absolute Gasteiger partial charge is 0.259 e. The second-order valence-corrected chi connectivity index (χ2v) is 8.53. The van der Waals surface area contributed by atoms with E-state index in [1.54, 1.807) is 0 Å². The SMILES string of the molecule is CC[C@H](C)[C@@H]1NC(=O)C(C(C)=O)=C1O.O=C1C=C(N2CC2)C(=O)C(N2CC2)=C1N1CC1. The van der Waals surface area contributed by atoms with E-state index in [4.69, 9.17) is 0 Å². The average Bonchev–Trinajstić information content (AvgIpc) is 3.57. The Morgan fingerprint density at radius 3 is 2.06 bits per heavy atom. The van der Waals surface area contributed by atoms with E-state index in [0.29, 0.717) is 17.1 Å². The number of ketones is 3. The molecule has 2 N–H and O–H groups in total. The summed E-state index contributed by atoms with van der Waals surface area (Å²) in [5.41, 5.74) is 1.80. The van der Waals surface area contributed by atoms with Crippen LogP contribution in [0.1, 0.15) is 27.2 Å². The minimum absolute atomic E-state index is 0.00546. The number of aliphatic hydroxyl groups is 1. The van der Waals surface area contributed by atoms with Crippen molar-refractivity contribution < 1.29 is 24.3 Å². The molecule has 5 rings (SSSR count). The molecule has 0 unspecified atom stereocenters. The van der Waals surface area contributed by atoms with Gasteiger partial charge in [-0.3, -0.25) is 19.2 Å². The molecule has 4 heterocycles. The summed E-state index contributed by atoms with van der Waals surface area (Å²) < 4.78 is 0. The lowest BCUT2D eigenvalue weighted by atomic mass is 9.97. The first kappa shape index (κ1) is 21.1. The van der Waals surface area contributed by atoms with Gasteiger partial charge in [-0.25, -0.2) is 0 Å². The molecule has 9 nitrogen and oxygen atoms in total. The highest BCUT2D eigenvalue weighted by molar-refractivity contribution is 6.22. The second-order valence-electron chi connectivity index (χ2n) is 8.53. The summed E-state index contributed by atoms with van der Waals surface area (Å²) >= 11 is 0. The zero-order valence-electron chi connectivity index (χ0n) is 18.1. The first-order valence-electron chi connectivity index (χ1n) is 10.8. The normalized spacial score (nSPS) is 25.3. The highest BCUT2D eigenvalue weighted by Crippen LogP contribution is 2.34. The fraction of sp³-hybridized carbons (Fsp3) is 0.545. The van der Waals surface area contributed by atoms with Crippen LogP contribution in [0.15, 0.2) is 34.5 Å². The fourth-order valence-electron chi connectivity index (χ4n) is 3.82. The molecule has 2 atom stereocenters. The summed E-state index contributed by atoms with van der Waals surface area (Å²) in [6, 6.07) is -0.397. The Balaban J connectivity index is 0.000000153. The number of hydrogen-bond donors (Lipinski definition) is 2. The number of nitrogens with zero attached hydrogens (tertiary/aromatic N) is 3. The Hall–Kier alpha value is -3.10. The Bertz CT molecular complexity index is 951. The number of amides is 1. The molecule has 0 aromatic rings. The first-order chi connectivity index (χ1) is 14.7. The van der Waals surface area contributed by atoms with Gasteiger partial charge in [-0.05, 0) is 12.8 Å². The molecule has 1 amide bonds. The summed E-state index contributed by atoms with van der Waals surface area (Å²) in [6.07, 6.45) is 2.36. The van der Waals surface area contributed by atoms with Crippen LogP contribution in [-0.2, 0) is 19.2 Å². The van der Waals surface area contributed by atoms with E-state index in [9.17, 15) is 24.3 Å². The van der Waals surface area contributed by atoms with Crippen molar-refractivity contribution in [3.63, 3.8) is 0 Å². The molecule has 5 aliphatic rings. The highest BCUT2D eigenvalue weighted by Gasteiger charge is 2.43.